The zero-order valence-corrected chi connectivity index (χ0v) is 11.8. The summed E-state index contributed by atoms with van der Waals surface area (Å²) >= 11 is 0. The average Bonchev–Trinajstić information content (AvgIpc) is 3.16. The standard InChI is InChI=1S/C15H27NO2/c1-3-18-15(17)14(16-10-12-6-7-12)13-8-4-11(2)5-9-13/h11-14,16H,3-10H2,1-2H3. The highest BCUT2D eigenvalue weighted by Gasteiger charge is 2.33. The maximum Gasteiger partial charge on any atom is 0.323 e. The van der Waals surface area contributed by atoms with Gasteiger partial charge in [-0.15, -0.1) is 0 Å². The summed E-state index contributed by atoms with van der Waals surface area (Å²) in [6.07, 6.45) is 7.50. The summed E-state index contributed by atoms with van der Waals surface area (Å²) in [6.45, 7) is 5.69. The fourth-order valence-corrected chi connectivity index (χ4v) is 2.91. The minimum Gasteiger partial charge on any atom is -0.465 e. The van der Waals surface area contributed by atoms with Crippen LogP contribution < -0.4 is 5.32 Å². The van der Waals surface area contributed by atoms with E-state index >= 15 is 0 Å². The van der Waals surface area contributed by atoms with E-state index in [9.17, 15) is 4.79 Å². The van der Waals surface area contributed by atoms with Crippen LogP contribution in [0.2, 0.25) is 0 Å². The minimum atomic E-state index is -0.0574. The van der Waals surface area contributed by atoms with Gasteiger partial charge in [-0.05, 0) is 56.9 Å². The highest BCUT2D eigenvalue weighted by molar-refractivity contribution is 5.76. The van der Waals surface area contributed by atoms with Crippen molar-refractivity contribution in [1.29, 1.82) is 0 Å². The van der Waals surface area contributed by atoms with E-state index in [1.54, 1.807) is 0 Å². The van der Waals surface area contributed by atoms with E-state index in [0.29, 0.717) is 12.5 Å². The monoisotopic (exact) mass is 253 g/mol. The lowest BCUT2D eigenvalue weighted by atomic mass is 9.79. The van der Waals surface area contributed by atoms with Gasteiger partial charge in [0.15, 0.2) is 0 Å². The molecule has 0 aromatic heterocycles. The average molecular weight is 253 g/mol. The van der Waals surface area contributed by atoms with Crippen LogP contribution in [0.5, 0.6) is 0 Å². The van der Waals surface area contributed by atoms with Crippen molar-refractivity contribution in [2.24, 2.45) is 17.8 Å². The van der Waals surface area contributed by atoms with E-state index in [-0.39, 0.29) is 12.0 Å². The third kappa shape index (κ3) is 3.98. The third-order valence-electron chi connectivity index (χ3n) is 4.40. The van der Waals surface area contributed by atoms with E-state index in [0.717, 1.165) is 18.4 Å². The number of hydrogen-bond acceptors (Lipinski definition) is 3. The molecule has 1 unspecified atom stereocenters. The number of ether oxygens (including phenoxy) is 1. The van der Waals surface area contributed by atoms with Crippen LogP contribution in [0.3, 0.4) is 0 Å². The molecule has 0 saturated heterocycles. The lowest BCUT2D eigenvalue weighted by Gasteiger charge is -2.32. The fraction of sp³-hybridized carbons (Fsp3) is 0.933. The van der Waals surface area contributed by atoms with Crippen LogP contribution in [-0.2, 0) is 9.53 Å². The molecule has 0 aromatic carbocycles. The van der Waals surface area contributed by atoms with Gasteiger partial charge in [0.05, 0.1) is 6.61 Å². The van der Waals surface area contributed by atoms with Crippen LogP contribution in [0, 0.1) is 17.8 Å². The summed E-state index contributed by atoms with van der Waals surface area (Å²) in [7, 11) is 0. The van der Waals surface area contributed by atoms with Crippen molar-refractivity contribution in [3.05, 3.63) is 0 Å². The highest BCUT2D eigenvalue weighted by Crippen LogP contribution is 2.32. The number of carbonyl (C=O) groups excluding carboxylic acids is 1. The number of carbonyl (C=O) groups is 1. The van der Waals surface area contributed by atoms with Crippen LogP contribution in [0.15, 0.2) is 0 Å². The molecule has 3 heteroatoms. The van der Waals surface area contributed by atoms with Crippen LogP contribution in [0.4, 0.5) is 0 Å². The van der Waals surface area contributed by atoms with E-state index in [2.05, 4.69) is 12.2 Å². The zero-order chi connectivity index (χ0) is 13.0. The summed E-state index contributed by atoms with van der Waals surface area (Å²) < 4.78 is 5.24. The molecular formula is C15H27NO2. The van der Waals surface area contributed by atoms with Crippen molar-refractivity contribution in [1.82, 2.24) is 5.32 Å². The SMILES string of the molecule is CCOC(=O)C(NCC1CC1)C1CCC(C)CC1. The molecule has 2 aliphatic carbocycles. The summed E-state index contributed by atoms with van der Waals surface area (Å²) in [4.78, 5) is 12.1. The van der Waals surface area contributed by atoms with Gasteiger partial charge in [-0.2, -0.15) is 0 Å². The van der Waals surface area contributed by atoms with Crippen molar-refractivity contribution in [2.75, 3.05) is 13.2 Å². The molecule has 0 aliphatic heterocycles. The lowest BCUT2D eigenvalue weighted by Crippen LogP contribution is -2.45. The van der Waals surface area contributed by atoms with Gasteiger partial charge < -0.3 is 10.1 Å². The van der Waals surface area contributed by atoms with Gasteiger partial charge >= 0.3 is 5.97 Å². The molecule has 0 spiro atoms. The first-order valence-electron chi connectivity index (χ1n) is 7.60. The smallest absolute Gasteiger partial charge is 0.323 e. The Morgan fingerprint density at radius 1 is 1.22 bits per heavy atom. The predicted molar refractivity (Wildman–Crippen MR) is 72.3 cm³/mol. The quantitative estimate of drug-likeness (QED) is 0.740. The van der Waals surface area contributed by atoms with Gasteiger partial charge in [0, 0.05) is 0 Å². The molecule has 2 saturated carbocycles. The molecular weight excluding hydrogens is 226 g/mol. The number of hydrogen-bond donors (Lipinski definition) is 1. The van der Waals surface area contributed by atoms with Crippen LogP contribution >= 0.6 is 0 Å². The van der Waals surface area contributed by atoms with Crippen molar-refractivity contribution in [3.63, 3.8) is 0 Å². The Hall–Kier alpha value is -0.570. The Morgan fingerprint density at radius 3 is 2.44 bits per heavy atom. The number of esters is 1. The van der Waals surface area contributed by atoms with Crippen molar-refractivity contribution in [2.45, 2.75) is 58.4 Å². The van der Waals surface area contributed by atoms with Crippen molar-refractivity contribution in [3.8, 4) is 0 Å². The van der Waals surface area contributed by atoms with E-state index in [4.69, 9.17) is 4.74 Å². The fourth-order valence-electron chi connectivity index (χ4n) is 2.91. The molecule has 2 aliphatic rings. The Morgan fingerprint density at radius 2 is 1.89 bits per heavy atom. The molecule has 2 rings (SSSR count). The Bertz CT molecular complexity index is 268. The summed E-state index contributed by atoms with van der Waals surface area (Å²) in [5.74, 6) is 2.09. The summed E-state index contributed by atoms with van der Waals surface area (Å²) in [5.41, 5.74) is 0. The number of rotatable bonds is 6. The molecule has 1 N–H and O–H groups in total. The first-order chi connectivity index (χ1) is 8.70. The van der Waals surface area contributed by atoms with Gasteiger partial charge in [0.2, 0.25) is 0 Å². The zero-order valence-electron chi connectivity index (χ0n) is 11.8. The van der Waals surface area contributed by atoms with Crippen molar-refractivity contribution < 1.29 is 9.53 Å². The Balaban J connectivity index is 1.86. The second-order valence-electron chi connectivity index (χ2n) is 6.10. The van der Waals surface area contributed by atoms with Gasteiger partial charge in [-0.1, -0.05) is 19.8 Å². The molecule has 0 heterocycles. The first-order valence-corrected chi connectivity index (χ1v) is 7.60. The van der Waals surface area contributed by atoms with E-state index in [1.165, 1.54) is 38.5 Å². The maximum absolute atomic E-state index is 12.1. The molecule has 1 atom stereocenters. The van der Waals surface area contributed by atoms with Gasteiger partial charge in [0.1, 0.15) is 6.04 Å². The van der Waals surface area contributed by atoms with Crippen LogP contribution in [-0.4, -0.2) is 25.2 Å². The molecule has 0 aromatic rings. The first kappa shape index (κ1) is 13.9. The molecule has 0 bridgehead atoms. The highest BCUT2D eigenvalue weighted by atomic mass is 16.5. The normalized spacial score (nSPS) is 29.9. The summed E-state index contributed by atoms with van der Waals surface area (Å²) in [6, 6.07) is -0.0574. The summed E-state index contributed by atoms with van der Waals surface area (Å²) in [5, 5.41) is 3.48. The predicted octanol–water partition coefficient (Wildman–Crippen LogP) is 2.74. The van der Waals surface area contributed by atoms with Crippen molar-refractivity contribution >= 4 is 5.97 Å². The molecule has 3 nitrogen and oxygen atoms in total. The van der Waals surface area contributed by atoms with Gasteiger partial charge in [0.25, 0.3) is 0 Å². The van der Waals surface area contributed by atoms with Gasteiger partial charge in [-0.25, -0.2) is 0 Å². The Labute approximate surface area is 111 Å². The molecule has 2 fully saturated rings. The topological polar surface area (TPSA) is 38.3 Å². The second-order valence-corrected chi connectivity index (χ2v) is 6.10. The lowest BCUT2D eigenvalue weighted by molar-refractivity contribution is -0.147. The van der Waals surface area contributed by atoms with E-state index < -0.39 is 0 Å². The molecule has 18 heavy (non-hydrogen) atoms. The largest absolute Gasteiger partial charge is 0.465 e. The Kier molecular flexibility index (Phi) is 5.04. The minimum absolute atomic E-state index is 0.0299. The van der Waals surface area contributed by atoms with Gasteiger partial charge in [-0.3, -0.25) is 4.79 Å². The molecule has 0 radical (unpaired) electrons. The number of nitrogens with one attached hydrogen (secondary N) is 1. The second kappa shape index (κ2) is 6.55. The van der Waals surface area contributed by atoms with Crippen LogP contribution in [0.25, 0.3) is 0 Å². The molecule has 0 amide bonds. The third-order valence-corrected chi connectivity index (χ3v) is 4.40. The maximum atomic E-state index is 12.1. The van der Waals surface area contributed by atoms with Crippen LogP contribution in [0.1, 0.15) is 52.4 Å². The molecule has 104 valence electrons. The van der Waals surface area contributed by atoms with E-state index in [1.807, 2.05) is 6.92 Å².